The van der Waals surface area contributed by atoms with Crippen LogP contribution in [-0.2, 0) is 0 Å². The highest BCUT2D eigenvalue weighted by Gasteiger charge is 2.10. The topological polar surface area (TPSA) is 77.8 Å². The summed E-state index contributed by atoms with van der Waals surface area (Å²) in [6.45, 7) is 0. The summed E-state index contributed by atoms with van der Waals surface area (Å²) >= 11 is 0. The van der Waals surface area contributed by atoms with Crippen LogP contribution < -0.4 is 10.6 Å². The SMILES string of the molecule is N#Cc1ccccc1Nc1ccc(NC(=O)c2ccc(F)c(F)c2)nc1. The summed E-state index contributed by atoms with van der Waals surface area (Å²) in [4.78, 5) is 16.1. The molecule has 128 valence electrons. The van der Waals surface area contributed by atoms with Gasteiger partial charge in [0.15, 0.2) is 11.6 Å². The summed E-state index contributed by atoms with van der Waals surface area (Å²) < 4.78 is 26.1. The van der Waals surface area contributed by atoms with Crippen LogP contribution in [0.5, 0.6) is 0 Å². The van der Waals surface area contributed by atoms with Crippen LogP contribution in [0.4, 0.5) is 26.0 Å². The number of benzene rings is 2. The van der Waals surface area contributed by atoms with Crippen molar-refractivity contribution in [3.8, 4) is 6.07 Å². The molecule has 0 fully saturated rings. The monoisotopic (exact) mass is 350 g/mol. The Kier molecular flexibility index (Phi) is 4.85. The summed E-state index contributed by atoms with van der Waals surface area (Å²) in [7, 11) is 0. The number of carbonyl (C=O) groups excluding carboxylic acids is 1. The van der Waals surface area contributed by atoms with Crippen molar-refractivity contribution in [3.05, 3.63) is 83.6 Å². The van der Waals surface area contributed by atoms with Crippen molar-refractivity contribution in [2.75, 3.05) is 10.6 Å². The lowest BCUT2D eigenvalue weighted by molar-refractivity contribution is 0.102. The van der Waals surface area contributed by atoms with E-state index >= 15 is 0 Å². The molecule has 3 rings (SSSR count). The van der Waals surface area contributed by atoms with Crippen molar-refractivity contribution in [1.82, 2.24) is 4.98 Å². The molecule has 0 radical (unpaired) electrons. The van der Waals surface area contributed by atoms with Crippen LogP contribution >= 0.6 is 0 Å². The van der Waals surface area contributed by atoms with Gasteiger partial charge in [-0.2, -0.15) is 5.26 Å². The van der Waals surface area contributed by atoms with Crippen LogP contribution in [0.2, 0.25) is 0 Å². The van der Waals surface area contributed by atoms with Gasteiger partial charge in [0.1, 0.15) is 11.9 Å². The normalized spacial score (nSPS) is 10.0. The molecule has 3 aromatic rings. The van der Waals surface area contributed by atoms with E-state index in [1.54, 1.807) is 36.4 Å². The van der Waals surface area contributed by atoms with E-state index in [0.29, 0.717) is 16.9 Å². The second kappa shape index (κ2) is 7.40. The molecule has 0 bridgehead atoms. The highest BCUT2D eigenvalue weighted by Crippen LogP contribution is 2.20. The Morgan fingerprint density at radius 2 is 1.85 bits per heavy atom. The number of aromatic nitrogens is 1. The first-order chi connectivity index (χ1) is 12.6. The van der Waals surface area contributed by atoms with Crippen LogP contribution in [0.3, 0.4) is 0 Å². The zero-order chi connectivity index (χ0) is 18.5. The molecule has 1 heterocycles. The number of anilines is 3. The summed E-state index contributed by atoms with van der Waals surface area (Å²) in [5.74, 6) is -2.47. The van der Waals surface area contributed by atoms with E-state index in [-0.39, 0.29) is 11.4 Å². The highest BCUT2D eigenvalue weighted by atomic mass is 19.2. The molecule has 0 aliphatic heterocycles. The van der Waals surface area contributed by atoms with Crippen LogP contribution in [0.25, 0.3) is 0 Å². The van der Waals surface area contributed by atoms with Crippen molar-refractivity contribution in [2.24, 2.45) is 0 Å². The highest BCUT2D eigenvalue weighted by molar-refractivity contribution is 6.03. The Labute approximate surface area is 147 Å². The third-order valence-corrected chi connectivity index (χ3v) is 3.51. The number of para-hydroxylation sites is 1. The lowest BCUT2D eigenvalue weighted by Gasteiger charge is -2.09. The molecule has 0 saturated carbocycles. The molecule has 0 atom stereocenters. The van der Waals surface area contributed by atoms with E-state index < -0.39 is 17.5 Å². The molecule has 0 spiro atoms. The number of pyridine rings is 1. The van der Waals surface area contributed by atoms with Gasteiger partial charge < -0.3 is 10.6 Å². The maximum atomic E-state index is 13.2. The van der Waals surface area contributed by atoms with E-state index in [2.05, 4.69) is 21.7 Å². The average Bonchev–Trinajstić information content (AvgIpc) is 2.66. The molecule has 0 aliphatic carbocycles. The minimum Gasteiger partial charge on any atom is -0.353 e. The fourth-order valence-electron chi connectivity index (χ4n) is 2.21. The number of carbonyl (C=O) groups is 1. The maximum Gasteiger partial charge on any atom is 0.256 e. The van der Waals surface area contributed by atoms with E-state index in [0.717, 1.165) is 12.1 Å². The number of hydrogen-bond donors (Lipinski definition) is 2. The van der Waals surface area contributed by atoms with Gasteiger partial charge in [-0.3, -0.25) is 4.79 Å². The van der Waals surface area contributed by atoms with Crippen molar-refractivity contribution >= 4 is 23.1 Å². The Bertz CT molecular complexity index is 997. The fraction of sp³-hybridized carbons (Fsp3) is 0. The first-order valence-corrected chi connectivity index (χ1v) is 7.55. The Balaban J connectivity index is 1.70. The molecule has 2 N–H and O–H groups in total. The minimum absolute atomic E-state index is 0.0177. The van der Waals surface area contributed by atoms with Crippen molar-refractivity contribution in [1.29, 1.82) is 5.26 Å². The predicted octanol–water partition coefficient (Wildman–Crippen LogP) is 4.23. The quantitative estimate of drug-likeness (QED) is 0.738. The number of amides is 1. The third-order valence-electron chi connectivity index (χ3n) is 3.51. The summed E-state index contributed by atoms with van der Waals surface area (Å²) in [5.41, 5.74) is 1.73. The number of halogens is 2. The maximum absolute atomic E-state index is 13.2. The largest absolute Gasteiger partial charge is 0.353 e. The Hall–Kier alpha value is -3.79. The van der Waals surface area contributed by atoms with Crippen LogP contribution in [0, 0.1) is 23.0 Å². The van der Waals surface area contributed by atoms with Gasteiger partial charge in [-0.15, -0.1) is 0 Å². The summed E-state index contributed by atoms with van der Waals surface area (Å²) in [5, 5.41) is 14.6. The van der Waals surface area contributed by atoms with Crippen molar-refractivity contribution < 1.29 is 13.6 Å². The summed E-state index contributed by atoms with van der Waals surface area (Å²) in [6, 6.07) is 15.2. The molecule has 26 heavy (non-hydrogen) atoms. The summed E-state index contributed by atoms with van der Waals surface area (Å²) in [6.07, 6.45) is 1.48. The smallest absolute Gasteiger partial charge is 0.256 e. The second-order valence-corrected chi connectivity index (χ2v) is 5.30. The second-order valence-electron chi connectivity index (χ2n) is 5.30. The van der Waals surface area contributed by atoms with Crippen LogP contribution in [0.1, 0.15) is 15.9 Å². The van der Waals surface area contributed by atoms with Gasteiger partial charge in [-0.05, 0) is 42.5 Å². The first kappa shape index (κ1) is 17.0. The fourth-order valence-corrected chi connectivity index (χ4v) is 2.21. The molecular formula is C19H12F2N4O. The van der Waals surface area contributed by atoms with E-state index in [1.807, 2.05) is 0 Å². The molecule has 0 aliphatic rings. The lowest BCUT2D eigenvalue weighted by atomic mass is 10.2. The van der Waals surface area contributed by atoms with Crippen LogP contribution in [-0.4, -0.2) is 10.9 Å². The molecule has 0 unspecified atom stereocenters. The Morgan fingerprint density at radius 3 is 2.54 bits per heavy atom. The molecule has 5 nitrogen and oxygen atoms in total. The molecule has 7 heteroatoms. The van der Waals surface area contributed by atoms with Gasteiger partial charge in [0.25, 0.3) is 5.91 Å². The zero-order valence-corrected chi connectivity index (χ0v) is 13.3. The van der Waals surface area contributed by atoms with E-state index in [4.69, 9.17) is 5.26 Å². The van der Waals surface area contributed by atoms with Crippen molar-refractivity contribution in [3.63, 3.8) is 0 Å². The number of rotatable bonds is 4. The first-order valence-electron chi connectivity index (χ1n) is 7.55. The molecule has 0 saturated heterocycles. The standard InChI is InChI=1S/C19H12F2N4O/c20-15-7-5-12(9-16(15)21)19(26)25-18-8-6-14(11-23-18)24-17-4-2-1-3-13(17)10-22/h1-9,11,24H,(H,23,25,26). The Morgan fingerprint density at radius 1 is 1.04 bits per heavy atom. The van der Waals surface area contributed by atoms with E-state index in [9.17, 15) is 13.6 Å². The average molecular weight is 350 g/mol. The molecule has 2 aromatic carbocycles. The zero-order valence-electron chi connectivity index (χ0n) is 13.3. The van der Waals surface area contributed by atoms with Gasteiger partial charge in [0, 0.05) is 5.56 Å². The number of nitriles is 1. The van der Waals surface area contributed by atoms with Crippen molar-refractivity contribution in [2.45, 2.75) is 0 Å². The van der Waals surface area contributed by atoms with Gasteiger partial charge in [-0.25, -0.2) is 13.8 Å². The molecule has 1 aromatic heterocycles. The minimum atomic E-state index is -1.10. The predicted molar refractivity (Wildman–Crippen MR) is 93.0 cm³/mol. The van der Waals surface area contributed by atoms with Gasteiger partial charge >= 0.3 is 0 Å². The van der Waals surface area contributed by atoms with Gasteiger partial charge in [-0.1, -0.05) is 12.1 Å². The molecule has 1 amide bonds. The van der Waals surface area contributed by atoms with Gasteiger partial charge in [0.05, 0.1) is 23.1 Å². The lowest BCUT2D eigenvalue weighted by Crippen LogP contribution is -2.13. The van der Waals surface area contributed by atoms with E-state index in [1.165, 1.54) is 12.3 Å². The van der Waals surface area contributed by atoms with Gasteiger partial charge in [0.2, 0.25) is 0 Å². The number of hydrogen-bond acceptors (Lipinski definition) is 4. The van der Waals surface area contributed by atoms with Crippen LogP contribution in [0.15, 0.2) is 60.8 Å². The number of nitrogens with one attached hydrogen (secondary N) is 2. The number of nitrogens with zero attached hydrogens (tertiary/aromatic N) is 2. The molecular weight excluding hydrogens is 338 g/mol. The third kappa shape index (κ3) is 3.82.